The Morgan fingerprint density at radius 3 is 2.95 bits per heavy atom. The quantitative estimate of drug-likeness (QED) is 0.768. The van der Waals surface area contributed by atoms with Crippen molar-refractivity contribution in [2.75, 3.05) is 24.8 Å². The van der Waals surface area contributed by atoms with E-state index < -0.39 is 0 Å². The minimum Gasteiger partial charge on any atom is -0.383 e. The van der Waals surface area contributed by atoms with Gasteiger partial charge in [-0.1, -0.05) is 30.0 Å². The average Bonchev–Trinajstić information content (AvgIpc) is 2.91. The number of methoxy groups -OCH3 is 1. The van der Waals surface area contributed by atoms with E-state index in [0.717, 1.165) is 5.69 Å². The summed E-state index contributed by atoms with van der Waals surface area (Å²) in [6.07, 6.45) is 0. The number of para-hydroxylation sites is 1. The highest BCUT2D eigenvalue weighted by atomic mass is 32.2. The molecule has 0 bridgehead atoms. The van der Waals surface area contributed by atoms with Crippen LogP contribution in [-0.4, -0.2) is 45.6 Å². The van der Waals surface area contributed by atoms with Crippen molar-refractivity contribution in [1.29, 1.82) is 0 Å². The van der Waals surface area contributed by atoms with Gasteiger partial charge in [-0.25, -0.2) is 4.68 Å². The van der Waals surface area contributed by atoms with Crippen molar-refractivity contribution in [3.8, 4) is 0 Å². The maximum atomic E-state index is 11.8. The zero-order valence-electron chi connectivity index (χ0n) is 11.0. The van der Waals surface area contributed by atoms with E-state index in [1.54, 1.807) is 11.8 Å². The van der Waals surface area contributed by atoms with E-state index in [-0.39, 0.29) is 11.7 Å². The summed E-state index contributed by atoms with van der Waals surface area (Å²) in [5.74, 6) is 0.157. The molecule has 7 nitrogen and oxygen atoms in total. The molecule has 1 N–H and O–H groups in total. The normalized spacial score (nSPS) is 10.4. The molecule has 0 unspecified atom stereocenters. The van der Waals surface area contributed by atoms with Gasteiger partial charge >= 0.3 is 0 Å². The number of nitrogens with zero attached hydrogens (tertiary/aromatic N) is 4. The molecular formula is C12H15N5O2S. The molecule has 0 saturated heterocycles. The first-order valence-corrected chi connectivity index (χ1v) is 7.01. The van der Waals surface area contributed by atoms with Crippen LogP contribution in [0.15, 0.2) is 35.5 Å². The highest BCUT2D eigenvalue weighted by Crippen LogP contribution is 2.14. The van der Waals surface area contributed by atoms with Gasteiger partial charge in [-0.2, -0.15) is 0 Å². The summed E-state index contributed by atoms with van der Waals surface area (Å²) >= 11 is 1.29. The Kier molecular flexibility index (Phi) is 5.51. The van der Waals surface area contributed by atoms with Gasteiger partial charge in [0.1, 0.15) is 0 Å². The van der Waals surface area contributed by atoms with Gasteiger partial charge in [0.25, 0.3) is 0 Å². The van der Waals surface area contributed by atoms with Gasteiger partial charge in [0.05, 0.1) is 18.9 Å². The average molecular weight is 293 g/mol. The summed E-state index contributed by atoms with van der Waals surface area (Å²) < 4.78 is 6.58. The minimum atomic E-state index is -0.0949. The van der Waals surface area contributed by atoms with Crippen molar-refractivity contribution in [3.63, 3.8) is 0 Å². The van der Waals surface area contributed by atoms with Crippen LogP contribution in [0, 0.1) is 0 Å². The first-order chi connectivity index (χ1) is 9.79. The number of carbonyl (C=O) groups excluding carboxylic acids is 1. The van der Waals surface area contributed by atoms with Gasteiger partial charge in [-0.3, -0.25) is 4.79 Å². The maximum absolute atomic E-state index is 11.8. The fourth-order valence-corrected chi connectivity index (χ4v) is 2.17. The Labute approximate surface area is 120 Å². The van der Waals surface area contributed by atoms with Crippen molar-refractivity contribution in [1.82, 2.24) is 20.2 Å². The van der Waals surface area contributed by atoms with E-state index >= 15 is 0 Å². The second-order valence-electron chi connectivity index (χ2n) is 3.88. The molecule has 1 aromatic heterocycles. The third-order valence-electron chi connectivity index (χ3n) is 2.40. The molecule has 0 aliphatic heterocycles. The molecule has 20 heavy (non-hydrogen) atoms. The molecule has 0 aliphatic rings. The number of carbonyl (C=O) groups is 1. The van der Waals surface area contributed by atoms with E-state index in [1.807, 2.05) is 30.3 Å². The Balaban J connectivity index is 1.83. The number of aromatic nitrogens is 4. The van der Waals surface area contributed by atoms with Crippen molar-refractivity contribution >= 4 is 23.4 Å². The highest BCUT2D eigenvalue weighted by molar-refractivity contribution is 7.99. The number of hydrogen-bond acceptors (Lipinski definition) is 6. The van der Waals surface area contributed by atoms with Crippen LogP contribution in [-0.2, 0) is 16.1 Å². The molecular weight excluding hydrogens is 278 g/mol. The molecule has 0 spiro atoms. The van der Waals surface area contributed by atoms with E-state index in [4.69, 9.17) is 4.74 Å². The van der Waals surface area contributed by atoms with Crippen LogP contribution < -0.4 is 5.32 Å². The standard InChI is InChI=1S/C12H15N5O2S/c1-19-8-7-17-12(14-15-16-17)20-9-11(18)13-10-5-3-2-4-6-10/h2-6H,7-9H2,1H3,(H,13,18). The molecule has 1 aromatic carbocycles. The van der Waals surface area contributed by atoms with Crippen molar-refractivity contribution < 1.29 is 9.53 Å². The lowest BCUT2D eigenvalue weighted by molar-refractivity contribution is -0.113. The lowest BCUT2D eigenvalue weighted by Crippen LogP contribution is -2.15. The fraction of sp³-hybridized carbons (Fsp3) is 0.333. The molecule has 0 radical (unpaired) electrons. The van der Waals surface area contributed by atoms with Gasteiger partial charge in [0, 0.05) is 12.8 Å². The molecule has 8 heteroatoms. The topological polar surface area (TPSA) is 81.9 Å². The first kappa shape index (κ1) is 14.5. The van der Waals surface area contributed by atoms with Crippen LogP contribution in [0.25, 0.3) is 0 Å². The summed E-state index contributed by atoms with van der Waals surface area (Å²) in [5.41, 5.74) is 0.775. The fourth-order valence-electron chi connectivity index (χ4n) is 1.47. The largest absolute Gasteiger partial charge is 0.383 e. The van der Waals surface area contributed by atoms with E-state index in [0.29, 0.717) is 18.3 Å². The predicted octanol–water partition coefficient (Wildman–Crippen LogP) is 1.05. The number of anilines is 1. The number of amides is 1. The number of thioether (sulfide) groups is 1. The van der Waals surface area contributed by atoms with Crippen molar-refractivity contribution in [2.45, 2.75) is 11.7 Å². The summed E-state index contributed by atoms with van der Waals surface area (Å²) in [4.78, 5) is 11.8. The Morgan fingerprint density at radius 1 is 1.40 bits per heavy atom. The molecule has 1 heterocycles. The number of tetrazole rings is 1. The third-order valence-corrected chi connectivity index (χ3v) is 3.35. The summed E-state index contributed by atoms with van der Waals surface area (Å²) in [6.45, 7) is 1.08. The molecule has 0 aliphatic carbocycles. The van der Waals surface area contributed by atoms with Crippen molar-refractivity contribution in [3.05, 3.63) is 30.3 Å². The van der Waals surface area contributed by atoms with Gasteiger partial charge in [-0.15, -0.1) is 5.10 Å². The number of ether oxygens (including phenoxy) is 1. The molecule has 0 fully saturated rings. The SMILES string of the molecule is COCCn1nnnc1SCC(=O)Nc1ccccc1. The van der Waals surface area contributed by atoms with E-state index in [2.05, 4.69) is 20.8 Å². The highest BCUT2D eigenvalue weighted by Gasteiger charge is 2.09. The molecule has 0 saturated carbocycles. The first-order valence-electron chi connectivity index (χ1n) is 6.02. The molecule has 2 aromatic rings. The zero-order valence-corrected chi connectivity index (χ0v) is 11.8. The molecule has 106 valence electrons. The molecule has 2 rings (SSSR count). The van der Waals surface area contributed by atoms with Crippen molar-refractivity contribution in [2.24, 2.45) is 0 Å². The number of nitrogens with one attached hydrogen (secondary N) is 1. The summed E-state index contributed by atoms with van der Waals surface area (Å²) in [7, 11) is 1.62. The molecule has 1 amide bonds. The summed E-state index contributed by atoms with van der Waals surface area (Å²) in [6, 6.07) is 9.31. The smallest absolute Gasteiger partial charge is 0.234 e. The minimum absolute atomic E-state index is 0.0949. The van der Waals surface area contributed by atoms with E-state index in [9.17, 15) is 4.79 Å². The maximum Gasteiger partial charge on any atom is 0.234 e. The molecule has 0 atom stereocenters. The van der Waals surface area contributed by atoms with Crippen LogP contribution in [0.3, 0.4) is 0 Å². The Morgan fingerprint density at radius 2 is 2.20 bits per heavy atom. The number of hydrogen-bond donors (Lipinski definition) is 1. The van der Waals surface area contributed by atoms with Gasteiger partial charge in [0.15, 0.2) is 0 Å². The van der Waals surface area contributed by atoms with Crippen LogP contribution in [0.5, 0.6) is 0 Å². The zero-order chi connectivity index (χ0) is 14.2. The third kappa shape index (κ3) is 4.32. The van der Waals surface area contributed by atoms with Crippen LogP contribution >= 0.6 is 11.8 Å². The Hall–Kier alpha value is -1.93. The second kappa shape index (κ2) is 7.61. The Bertz CT molecular complexity index is 546. The van der Waals surface area contributed by atoms with Gasteiger partial charge < -0.3 is 10.1 Å². The number of benzene rings is 1. The second-order valence-corrected chi connectivity index (χ2v) is 4.82. The lowest BCUT2D eigenvalue weighted by atomic mass is 10.3. The van der Waals surface area contributed by atoms with E-state index in [1.165, 1.54) is 11.8 Å². The summed E-state index contributed by atoms with van der Waals surface area (Å²) in [5, 5.41) is 14.7. The lowest BCUT2D eigenvalue weighted by Gasteiger charge is -2.05. The monoisotopic (exact) mass is 293 g/mol. The van der Waals surface area contributed by atoms with Crippen LogP contribution in [0.2, 0.25) is 0 Å². The van der Waals surface area contributed by atoms with Gasteiger partial charge in [-0.05, 0) is 22.6 Å². The van der Waals surface area contributed by atoms with Gasteiger partial charge in [0.2, 0.25) is 11.1 Å². The predicted molar refractivity (Wildman–Crippen MR) is 75.5 cm³/mol. The van der Waals surface area contributed by atoms with Crippen LogP contribution in [0.4, 0.5) is 5.69 Å². The number of rotatable bonds is 7. The van der Waals surface area contributed by atoms with Crippen LogP contribution in [0.1, 0.15) is 0 Å².